The van der Waals surface area contributed by atoms with Crippen LogP contribution in [0.3, 0.4) is 0 Å². The third-order valence-electron chi connectivity index (χ3n) is 2.07. The molecule has 1 aromatic heterocycles. The number of rotatable bonds is 5. The maximum atomic E-state index is 5.98. The molecule has 1 atom stereocenters. The first-order valence-corrected chi connectivity index (χ1v) is 5.58. The van der Waals surface area contributed by atoms with E-state index in [1.807, 2.05) is 6.92 Å². The molecule has 0 radical (unpaired) electrons. The van der Waals surface area contributed by atoms with Crippen LogP contribution >= 0.6 is 11.6 Å². The lowest BCUT2D eigenvalue weighted by molar-refractivity contribution is 0.758. The zero-order chi connectivity index (χ0) is 11.3. The summed E-state index contributed by atoms with van der Waals surface area (Å²) in [4.78, 5) is 8.35. The molecule has 0 aliphatic heterocycles. The van der Waals surface area contributed by atoms with E-state index in [0.29, 0.717) is 22.8 Å². The van der Waals surface area contributed by atoms with Crippen molar-refractivity contribution >= 4 is 23.4 Å². The number of hydrogen-bond donors (Lipinski definition) is 2. The highest BCUT2D eigenvalue weighted by molar-refractivity contribution is 6.32. The summed E-state index contributed by atoms with van der Waals surface area (Å²) in [6.45, 7) is 6.99. The Bertz CT molecular complexity index is 316. The lowest BCUT2D eigenvalue weighted by atomic mass is 10.2. The molecular weight excluding hydrogens is 212 g/mol. The van der Waals surface area contributed by atoms with Gasteiger partial charge in [0.05, 0.1) is 6.20 Å². The fraction of sp³-hybridized carbons (Fsp3) is 0.600. The predicted octanol–water partition coefficient (Wildman–Crippen LogP) is 2.77. The van der Waals surface area contributed by atoms with E-state index in [2.05, 4.69) is 34.4 Å². The highest BCUT2D eigenvalue weighted by Crippen LogP contribution is 2.20. The van der Waals surface area contributed by atoms with Crippen LogP contribution in [0.15, 0.2) is 6.20 Å². The van der Waals surface area contributed by atoms with Crippen molar-refractivity contribution in [3.05, 3.63) is 11.2 Å². The first-order valence-electron chi connectivity index (χ1n) is 5.20. The average Bonchev–Trinajstić information content (AvgIpc) is 2.23. The van der Waals surface area contributed by atoms with Crippen molar-refractivity contribution in [2.24, 2.45) is 0 Å². The summed E-state index contributed by atoms with van der Waals surface area (Å²) >= 11 is 5.98. The quantitative estimate of drug-likeness (QED) is 0.814. The number of anilines is 2. The second kappa shape index (κ2) is 5.75. The summed E-state index contributed by atoms with van der Waals surface area (Å²) in [5.74, 6) is 1.30. The third kappa shape index (κ3) is 3.55. The van der Waals surface area contributed by atoms with E-state index in [4.69, 9.17) is 11.6 Å². The summed E-state index contributed by atoms with van der Waals surface area (Å²) in [6, 6.07) is 0.354. The smallest absolute Gasteiger partial charge is 0.224 e. The molecule has 84 valence electrons. The van der Waals surface area contributed by atoms with Crippen molar-refractivity contribution < 1.29 is 0 Å². The molecule has 0 bridgehead atoms. The molecule has 1 unspecified atom stereocenters. The zero-order valence-electron chi connectivity index (χ0n) is 9.34. The molecule has 0 aromatic carbocycles. The van der Waals surface area contributed by atoms with Crippen LogP contribution in [-0.2, 0) is 0 Å². The van der Waals surface area contributed by atoms with Gasteiger partial charge < -0.3 is 10.6 Å². The number of nitrogens with one attached hydrogen (secondary N) is 2. The third-order valence-corrected chi connectivity index (χ3v) is 2.35. The fourth-order valence-electron chi connectivity index (χ4n) is 1.05. The summed E-state index contributed by atoms with van der Waals surface area (Å²) in [7, 11) is 0. The van der Waals surface area contributed by atoms with Gasteiger partial charge in [0.1, 0.15) is 5.02 Å². The van der Waals surface area contributed by atoms with E-state index < -0.39 is 0 Å². The molecule has 0 aliphatic rings. The van der Waals surface area contributed by atoms with Crippen LogP contribution in [0.2, 0.25) is 5.02 Å². The zero-order valence-corrected chi connectivity index (χ0v) is 10.1. The number of aromatic nitrogens is 2. The van der Waals surface area contributed by atoms with Gasteiger partial charge in [-0.25, -0.2) is 4.98 Å². The molecule has 1 aromatic rings. The number of hydrogen-bond acceptors (Lipinski definition) is 4. The van der Waals surface area contributed by atoms with Crippen LogP contribution in [0.25, 0.3) is 0 Å². The van der Waals surface area contributed by atoms with Gasteiger partial charge in [-0.05, 0) is 20.3 Å². The summed E-state index contributed by atoms with van der Waals surface area (Å²) in [6.07, 6.45) is 2.63. The molecule has 5 heteroatoms. The Balaban J connectivity index is 2.80. The van der Waals surface area contributed by atoms with Gasteiger partial charge in [0.25, 0.3) is 0 Å². The van der Waals surface area contributed by atoms with Crippen LogP contribution in [-0.4, -0.2) is 22.6 Å². The minimum absolute atomic E-state index is 0.354. The van der Waals surface area contributed by atoms with Crippen molar-refractivity contribution in [1.82, 2.24) is 9.97 Å². The monoisotopic (exact) mass is 228 g/mol. The second-order valence-corrected chi connectivity index (χ2v) is 3.78. The Morgan fingerprint density at radius 2 is 2.20 bits per heavy atom. The molecule has 15 heavy (non-hydrogen) atoms. The Kier molecular flexibility index (Phi) is 4.62. The fourth-order valence-corrected chi connectivity index (χ4v) is 1.19. The predicted molar refractivity (Wildman–Crippen MR) is 64.6 cm³/mol. The maximum absolute atomic E-state index is 5.98. The standard InChI is InChI=1S/C10H17ClN4/c1-4-7(3)14-9-8(11)6-13-10(15-9)12-5-2/h6-7H,4-5H2,1-3H3,(H2,12,13,14,15). The number of nitrogens with zero attached hydrogens (tertiary/aromatic N) is 2. The second-order valence-electron chi connectivity index (χ2n) is 3.37. The van der Waals surface area contributed by atoms with Crippen LogP contribution in [0.4, 0.5) is 11.8 Å². The molecule has 0 saturated heterocycles. The molecule has 0 fully saturated rings. The van der Waals surface area contributed by atoms with E-state index in [-0.39, 0.29) is 0 Å². The van der Waals surface area contributed by atoms with E-state index in [0.717, 1.165) is 13.0 Å². The number of halogens is 1. The highest BCUT2D eigenvalue weighted by Gasteiger charge is 2.06. The summed E-state index contributed by atoms with van der Waals surface area (Å²) in [5.41, 5.74) is 0. The van der Waals surface area contributed by atoms with Crippen molar-refractivity contribution in [1.29, 1.82) is 0 Å². The molecule has 0 amide bonds. The SMILES string of the molecule is CCNc1ncc(Cl)c(NC(C)CC)n1. The lowest BCUT2D eigenvalue weighted by Gasteiger charge is -2.13. The first-order chi connectivity index (χ1) is 7.17. The van der Waals surface area contributed by atoms with Gasteiger partial charge in [-0.1, -0.05) is 18.5 Å². The molecule has 0 saturated carbocycles. The Morgan fingerprint density at radius 3 is 2.80 bits per heavy atom. The van der Waals surface area contributed by atoms with Crippen LogP contribution < -0.4 is 10.6 Å². The van der Waals surface area contributed by atoms with Crippen LogP contribution in [0.1, 0.15) is 27.2 Å². The van der Waals surface area contributed by atoms with E-state index >= 15 is 0 Å². The normalized spacial score (nSPS) is 12.3. The van der Waals surface area contributed by atoms with Gasteiger partial charge in [0.15, 0.2) is 5.82 Å². The maximum Gasteiger partial charge on any atom is 0.224 e. The highest BCUT2D eigenvalue weighted by atomic mass is 35.5. The van der Waals surface area contributed by atoms with Crippen LogP contribution in [0, 0.1) is 0 Å². The van der Waals surface area contributed by atoms with Gasteiger partial charge in [0.2, 0.25) is 5.95 Å². The van der Waals surface area contributed by atoms with Gasteiger partial charge in [-0.15, -0.1) is 0 Å². The van der Waals surface area contributed by atoms with Crippen molar-refractivity contribution in [3.8, 4) is 0 Å². The van der Waals surface area contributed by atoms with Crippen molar-refractivity contribution in [2.45, 2.75) is 33.2 Å². The largest absolute Gasteiger partial charge is 0.366 e. The average molecular weight is 229 g/mol. The minimum Gasteiger partial charge on any atom is -0.366 e. The Hall–Kier alpha value is -1.03. The van der Waals surface area contributed by atoms with E-state index in [9.17, 15) is 0 Å². The van der Waals surface area contributed by atoms with E-state index in [1.165, 1.54) is 0 Å². The van der Waals surface area contributed by atoms with Crippen molar-refractivity contribution in [2.75, 3.05) is 17.2 Å². The van der Waals surface area contributed by atoms with E-state index in [1.54, 1.807) is 6.20 Å². The minimum atomic E-state index is 0.354. The van der Waals surface area contributed by atoms with Crippen molar-refractivity contribution in [3.63, 3.8) is 0 Å². The molecule has 1 heterocycles. The molecule has 0 aliphatic carbocycles. The molecule has 1 rings (SSSR count). The lowest BCUT2D eigenvalue weighted by Crippen LogP contribution is -2.15. The van der Waals surface area contributed by atoms with Gasteiger partial charge in [-0.3, -0.25) is 0 Å². The summed E-state index contributed by atoms with van der Waals surface area (Å²) in [5, 5.41) is 6.83. The molecule has 2 N–H and O–H groups in total. The Morgan fingerprint density at radius 1 is 1.47 bits per heavy atom. The Labute approximate surface area is 95.5 Å². The molecule has 4 nitrogen and oxygen atoms in total. The molecule has 0 spiro atoms. The van der Waals surface area contributed by atoms with Crippen LogP contribution in [0.5, 0.6) is 0 Å². The first kappa shape index (κ1) is 12.0. The topological polar surface area (TPSA) is 49.8 Å². The van der Waals surface area contributed by atoms with Gasteiger partial charge >= 0.3 is 0 Å². The van der Waals surface area contributed by atoms with Gasteiger partial charge in [0, 0.05) is 12.6 Å². The summed E-state index contributed by atoms with van der Waals surface area (Å²) < 4.78 is 0. The molecular formula is C10H17ClN4. The van der Waals surface area contributed by atoms with Gasteiger partial charge in [-0.2, -0.15) is 4.98 Å².